The number of rotatable bonds is 4. The van der Waals surface area contributed by atoms with E-state index < -0.39 is 0 Å². The SMILES string of the molecule is CCCc1nc(Cc2ccc(F)cc2)nc2c1CCNC2. The lowest BCUT2D eigenvalue weighted by molar-refractivity contribution is 0.607. The Kier molecular flexibility index (Phi) is 4.25. The van der Waals surface area contributed by atoms with Crippen LogP contribution in [-0.4, -0.2) is 16.5 Å². The van der Waals surface area contributed by atoms with Crippen LogP contribution in [0.3, 0.4) is 0 Å². The van der Waals surface area contributed by atoms with Crippen LogP contribution in [0.4, 0.5) is 4.39 Å². The summed E-state index contributed by atoms with van der Waals surface area (Å²) in [6.07, 6.45) is 3.76. The van der Waals surface area contributed by atoms with E-state index in [9.17, 15) is 4.39 Å². The van der Waals surface area contributed by atoms with Crippen molar-refractivity contribution in [2.45, 2.75) is 39.2 Å². The first-order chi connectivity index (χ1) is 10.3. The van der Waals surface area contributed by atoms with Crippen molar-refractivity contribution in [3.8, 4) is 0 Å². The highest BCUT2D eigenvalue weighted by Crippen LogP contribution is 2.18. The summed E-state index contributed by atoms with van der Waals surface area (Å²) in [5.74, 6) is 0.633. The largest absolute Gasteiger partial charge is 0.311 e. The summed E-state index contributed by atoms with van der Waals surface area (Å²) in [6, 6.07) is 6.58. The van der Waals surface area contributed by atoms with Crippen LogP contribution in [0.2, 0.25) is 0 Å². The van der Waals surface area contributed by atoms with Gasteiger partial charge in [0, 0.05) is 18.7 Å². The second-order valence-electron chi connectivity index (χ2n) is 5.49. The molecule has 0 bridgehead atoms. The molecule has 0 atom stereocenters. The number of benzene rings is 1. The van der Waals surface area contributed by atoms with Crippen LogP contribution in [-0.2, 0) is 25.8 Å². The van der Waals surface area contributed by atoms with E-state index in [2.05, 4.69) is 12.2 Å². The Morgan fingerprint density at radius 3 is 2.76 bits per heavy atom. The van der Waals surface area contributed by atoms with E-state index in [0.29, 0.717) is 6.42 Å². The first-order valence-corrected chi connectivity index (χ1v) is 7.59. The second-order valence-corrected chi connectivity index (χ2v) is 5.49. The lowest BCUT2D eigenvalue weighted by Gasteiger charge is -2.20. The third-order valence-corrected chi connectivity index (χ3v) is 3.83. The van der Waals surface area contributed by atoms with Crippen molar-refractivity contribution in [1.82, 2.24) is 15.3 Å². The van der Waals surface area contributed by atoms with Crippen molar-refractivity contribution in [3.05, 3.63) is 58.4 Å². The second kappa shape index (κ2) is 6.31. The van der Waals surface area contributed by atoms with Gasteiger partial charge in [0.25, 0.3) is 0 Å². The molecule has 1 aromatic heterocycles. The highest BCUT2D eigenvalue weighted by Gasteiger charge is 2.17. The van der Waals surface area contributed by atoms with E-state index in [-0.39, 0.29) is 5.82 Å². The highest BCUT2D eigenvalue weighted by atomic mass is 19.1. The van der Waals surface area contributed by atoms with Crippen molar-refractivity contribution in [3.63, 3.8) is 0 Å². The Bertz CT molecular complexity index is 623. The first kappa shape index (κ1) is 14.1. The monoisotopic (exact) mass is 285 g/mol. The topological polar surface area (TPSA) is 37.8 Å². The third kappa shape index (κ3) is 3.27. The maximum absolute atomic E-state index is 13.0. The molecule has 2 aromatic rings. The standard InChI is InChI=1S/C17H20FN3/c1-2-3-15-14-8-9-19-11-16(14)21-17(20-15)10-12-4-6-13(18)7-5-12/h4-7,19H,2-3,8-11H2,1H3. The van der Waals surface area contributed by atoms with Gasteiger partial charge in [0.05, 0.1) is 5.69 Å². The Morgan fingerprint density at radius 2 is 2.00 bits per heavy atom. The van der Waals surface area contributed by atoms with Gasteiger partial charge in [-0.2, -0.15) is 0 Å². The Balaban J connectivity index is 1.91. The summed E-state index contributed by atoms with van der Waals surface area (Å²) in [5.41, 5.74) is 4.71. The lowest BCUT2D eigenvalue weighted by Crippen LogP contribution is -2.27. The predicted molar refractivity (Wildman–Crippen MR) is 80.6 cm³/mol. The lowest BCUT2D eigenvalue weighted by atomic mass is 10.0. The number of nitrogens with one attached hydrogen (secondary N) is 1. The van der Waals surface area contributed by atoms with Gasteiger partial charge >= 0.3 is 0 Å². The van der Waals surface area contributed by atoms with Crippen LogP contribution in [0.5, 0.6) is 0 Å². The van der Waals surface area contributed by atoms with E-state index in [4.69, 9.17) is 9.97 Å². The minimum atomic E-state index is -0.207. The molecule has 1 aliphatic rings. The molecule has 1 N–H and O–H groups in total. The zero-order valence-electron chi connectivity index (χ0n) is 12.3. The number of hydrogen-bond acceptors (Lipinski definition) is 3. The molecule has 3 rings (SSSR count). The molecule has 0 spiro atoms. The molecule has 0 aliphatic carbocycles. The smallest absolute Gasteiger partial charge is 0.133 e. The third-order valence-electron chi connectivity index (χ3n) is 3.83. The number of fused-ring (bicyclic) bond motifs is 1. The Hall–Kier alpha value is -1.81. The fourth-order valence-electron chi connectivity index (χ4n) is 2.80. The van der Waals surface area contributed by atoms with Crippen molar-refractivity contribution in [2.24, 2.45) is 0 Å². The molecule has 0 saturated carbocycles. The van der Waals surface area contributed by atoms with E-state index in [1.54, 1.807) is 12.1 Å². The van der Waals surface area contributed by atoms with Gasteiger partial charge in [-0.25, -0.2) is 14.4 Å². The van der Waals surface area contributed by atoms with Crippen LogP contribution in [0.1, 0.15) is 41.7 Å². The maximum atomic E-state index is 13.0. The van der Waals surface area contributed by atoms with Crippen molar-refractivity contribution < 1.29 is 4.39 Å². The molecule has 110 valence electrons. The summed E-state index contributed by atoms with van der Waals surface area (Å²) in [4.78, 5) is 9.47. The fourth-order valence-corrected chi connectivity index (χ4v) is 2.80. The molecule has 0 unspecified atom stereocenters. The molecule has 1 aromatic carbocycles. The van der Waals surface area contributed by atoms with Gasteiger partial charge in [0.1, 0.15) is 11.6 Å². The van der Waals surface area contributed by atoms with E-state index in [0.717, 1.165) is 49.4 Å². The van der Waals surface area contributed by atoms with Crippen molar-refractivity contribution >= 4 is 0 Å². The van der Waals surface area contributed by atoms with Gasteiger partial charge < -0.3 is 5.32 Å². The maximum Gasteiger partial charge on any atom is 0.133 e. The van der Waals surface area contributed by atoms with Gasteiger partial charge in [-0.15, -0.1) is 0 Å². The summed E-state index contributed by atoms with van der Waals surface area (Å²) in [5, 5.41) is 3.37. The summed E-state index contributed by atoms with van der Waals surface area (Å²) < 4.78 is 13.0. The summed E-state index contributed by atoms with van der Waals surface area (Å²) in [7, 11) is 0. The van der Waals surface area contributed by atoms with Gasteiger partial charge in [0.15, 0.2) is 0 Å². The molecule has 0 fully saturated rings. The first-order valence-electron chi connectivity index (χ1n) is 7.59. The van der Waals surface area contributed by atoms with Crippen LogP contribution < -0.4 is 5.32 Å². The molecular weight excluding hydrogens is 265 g/mol. The van der Waals surface area contributed by atoms with Crippen LogP contribution >= 0.6 is 0 Å². The fraction of sp³-hybridized carbons (Fsp3) is 0.412. The minimum absolute atomic E-state index is 0.207. The number of aromatic nitrogens is 2. The number of aryl methyl sites for hydroxylation is 1. The van der Waals surface area contributed by atoms with Crippen LogP contribution in [0.25, 0.3) is 0 Å². The molecule has 0 amide bonds. The highest BCUT2D eigenvalue weighted by molar-refractivity contribution is 5.30. The van der Waals surface area contributed by atoms with Gasteiger partial charge in [-0.05, 0) is 42.6 Å². The van der Waals surface area contributed by atoms with E-state index >= 15 is 0 Å². The van der Waals surface area contributed by atoms with Gasteiger partial charge in [-0.3, -0.25) is 0 Å². The van der Waals surface area contributed by atoms with E-state index in [1.165, 1.54) is 23.4 Å². The molecule has 2 heterocycles. The van der Waals surface area contributed by atoms with E-state index in [1.807, 2.05) is 0 Å². The average molecular weight is 285 g/mol. The average Bonchev–Trinajstić information content (AvgIpc) is 2.50. The van der Waals surface area contributed by atoms with Crippen molar-refractivity contribution in [2.75, 3.05) is 6.54 Å². The molecule has 0 saturated heterocycles. The summed E-state index contributed by atoms with van der Waals surface area (Å²) >= 11 is 0. The molecule has 1 aliphatic heterocycles. The quantitative estimate of drug-likeness (QED) is 0.938. The van der Waals surface area contributed by atoms with Crippen LogP contribution in [0.15, 0.2) is 24.3 Å². The zero-order valence-corrected chi connectivity index (χ0v) is 12.3. The molecule has 3 nitrogen and oxygen atoms in total. The predicted octanol–water partition coefficient (Wildman–Crippen LogP) is 2.80. The molecular formula is C17H20FN3. The molecule has 0 radical (unpaired) electrons. The number of hydrogen-bond donors (Lipinski definition) is 1. The molecule has 4 heteroatoms. The zero-order chi connectivity index (χ0) is 14.7. The number of nitrogens with zero attached hydrogens (tertiary/aromatic N) is 2. The Morgan fingerprint density at radius 1 is 1.19 bits per heavy atom. The van der Waals surface area contributed by atoms with Crippen LogP contribution in [0, 0.1) is 5.82 Å². The minimum Gasteiger partial charge on any atom is -0.311 e. The van der Waals surface area contributed by atoms with Crippen molar-refractivity contribution in [1.29, 1.82) is 0 Å². The normalized spacial score (nSPS) is 14.0. The Labute approximate surface area is 124 Å². The number of halogens is 1. The summed E-state index contributed by atoms with van der Waals surface area (Å²) in [6.45, 7) is 4.00. The molecule has 21 heavy (non-hydrogen) atoms. The van der Waals surface area contributed by atoms with Gasteiger partial charge in [-0.1, -0.05) is 25.5 Å². The van der Waals surface area contributed by atoms with Gasteiger partial charge in [0.2, 0.25) is 0 Å².